The maximum absolute atomic E-state index is 14.4. The van der Waals surface area contributed by atoms with Crippen LogP contribution in [-0.4, -0.2) is 31.6 Å². The zero-order valence-corrected chi connectivity index (χ0v) is 19.0. The predicted octanol–water partition coefficient (Wildman–Crippen LogP) is 1.88. The van der Waals surface area contributed by atoms with Gasteiger partial charge in [-0.3, -0.25) is 4.79 Å². The number of H-pyrrole nitrogens is 1. The van der Waals surface area contributed by atoms with Crippen LogP contribution in [0.15, 0.2) is 44.4 Å². The summed E-state index contributed by atoms with van der Waals surface area (Å²) in [5, 5.41) is 5.82. The third kappa shape index (κ3) is 5.29. The standard InChI is InChI=1S/C21H23FN4O6S/c1-11-4-7-15(22)14(12(11)2)6-8-16(20-24-25-21(28)32-20)26-33(29,30)18-9-5-13(19(23)27)10-17(18)31-3/h4-5,7,9-10,16,26H,6,8H2,1-3H3,(H2,23,27)(H,25,28)/t16-/m0/s1. The van der Waals surface area contributed by atoms with Gasteiger partial charge in [-0.1, -0.05) is 6.07 Å². The molecule has 12 heteroatoms. The first-order chi connectivity index (χ1) is 15.5. The van der Waals surface area contributed by atoms with E-state index in [1.165, 1.54) is 31.4 Å². The molecule has 3 rings (SSSR count). The molecule has 1 atom stereocenters. The number of sulfonamides is 1. The zero-order chi connectivity index (χ0) is 24.3. The Labute approximate surface area is 189 Å². The van der Waals surface area contributed by atoms with Crippen LogP contribution < -0.4 is 20.9 Å². The number of amides is 1. The smallest absolute Gasteiger partial charge is 0.434 e. The van der Waals surface area contributed by atoms with Gasteiger partial charge in [0.25, 0.3) is 0 Å². The molecule has 2 aromatic carbocycles. The number of aromatic amines is 1. The molecule has 1 heterocycles. The third-order valence-corrected chi connectivity index (χ3v) is 6.79. The van der Waals surface area contributed by atoms with E-state index in [-0.39, 0.29) is 34.9 Å². The lowest BCUT2D eigenvalue weighted by molar-refractivity contribution is 0.0999. The highest BCUT2D eigenvalue weighted by Gasteiger charge is 2.28. The summed E-state index contributed by atoms with van der Waals surface area (Å²) in [4.78, 5) is 22.6. The van der Waals surface area contributed by atoms with E-state index >= 15 is 0 Å². The lowest BCUT2D eigenvalue weighted by Gasteiger charge is -2.18. The lowest BCUT2D eigenvalue weighted by Crippen LogP contribution is -2.30. The Morgan fingerprint density at radius 1 is 1.30 bits per heavy atom. The molecule has 0 aliphatic heterocycles. The van der Waals surface area contributed by atoms with Crippen LogP contribution in [-0.2, 0) is 16.4 Å². The van der Waals surface area contributed by atoms with Gasteiger partial charge in [-0.2, -0.15) is 4.72 Å². The van der Waals surface area contributed by atoms with Gasteiger partial charge in [0.2, 0.25) is 21.8 Å². The van der Waals surface area contributed by atoms with Crippen LogP contribution in [0, 0.1) is 19.7 Å². The molecular weight excluding hydrogens is 455 g/mol. The van der Waals surface area contributed by atoms with Crippen molar-refractivity contribution in [3.05, 3.63) is 74.8 Å². The highest BCUT2D eigenvalue weighted by molar-refractivity contribution is 7.89. The maximum atomic E-state index is 14.4. The topological polar surface area (TPSA) is 157 Å². The molecule has 3 aromatic rings. The number of carbonyl (C=O) groups is 1. The minimum absolute atomic E-state index is 0.0376. The Bertz CT molecular complexity index is 1350. The fourth-order valence-electron chi connectivity index (χ4n) is 3.35. The summed E-state index contributed by atoms with van der Waals surface area (Å²) in [5.41, 5.74) is 7.34. The molecule has 4 N–H and O–H groups in total. The number of methoxy groups -OCH3 is 1. The molecular formula is C21H23FN4O6S. The SMILES string of the molecule is COc1cc(C(N)=O)ccc1S(=O)(=O)N[C@@H](CCc1c(F)ccc(C)c1C)c1n[nH]c(=O)o1. The van der Waals surface area contributed by atoms with Gasteiger partial charge >= 0.3 is 5.76 Å². The summed E-state index contributed by atoms with van der Waals surface area (Å²) in [6.45, 7) is 3.61. The molecule has 10 nitrogen and oxygen atoms in total. The number of aryl methyl sites for hydroxylation is 1. The van der Waals surface area contributed by atoms with E-state index in [0.717, 1.165) is 11.1 Å². The van der Waals surface area contributed by atoms with E-state index < -0.39 is 33.5 Å². The quantitative estimate of drug-likeness (QED) is 0.424. The first kappa shape index (κ1) is 24.1. The number of nitrogens with two attached hydrogens (primary N) is 1. The minimum atomic E-state index is -4.25. The van der Waals surface area contributed by atoms with Crippen LogP contribution in [0.25, 0.3) is 0 Å². The normalized spacial score (nSPS) is 12.5. The molecule has 0 aliphatic rings. The molecule has 0 radical (unpaired) electrons. The number of halogens is 1. The molecule has 33 heavy (non-hydrogen) atoms. The highest BCUT2D eigenvalue weighted by atomic mass is 32.2. The van der Waals surface area contributed by atoms with E-state index in [1.807, 2.05) is 6.92 Å². The number of carbonyl (C=O) groups excluding carboxylic acids is 1. The highest BCUT2D eigenvalue weighted by Crippen LogP contribution is 2.28. The second kappa shape index (κ2) is 9.55. The van der Waals surface area contributed by atoms with Crippen molar-refractivity contribution in [3.8, 4) is 5.75 Å². The monoisotopic (exact) mass is 478 g/mol. The largest absolute Gasteiger partial charge is 0.495 e. The van der Waals surface area contributed by atoms with Crippen molar-refractivity contribution in [1.29, 1.82) is 0 Å². The van der Waals surface area contributed by atoms with Gasteiger partial charge in [0.15, 0.2) is 0 Å². The molecule has 0 saturated carbocycles. The Balaban J connectivity index is 1.95. The molecule has 0 fully saturated rings. The summed E-state index contributed by atoms with van der Waals surface area (Å²) < 4.78 is 53.2. The second-order valence-corrected chi connectivity index (χ2v) is 9.04. The van der Waals surface area contributed by atoms with Gasteiger partial charge in [-0.05, 0) is 67.6 Å². The summed E-state index contributed by atoms with van der Waals surface area (Å²) in [7, 11) is -3.01. The van der Waals surface area contributed by atoms with Gasteiger partial charge < -0.3 is 14.9 Å². The maximum Gasteiger partial charge on any atom is 0.434 e. The van der Waals surface area contributed by atoms with Gasteiger partial charge in [0.05, 0.1) is 7.11 Å². The molecule has 1 amide bonds. The number of hydrogen-bond acceptors (Lipinski definition) is 7. The lowest BCUT2D eigenvalue weighted by atomic mass is 9.97. The van der Waals surface area contributed by atoms with E-state index in [9.17, 15) is 22.4 Å². The predicted molar refractivity (Wildman–Crippen MR) is 116 cm³/mol. The number of ether oxygens (including phenoxy) is 1. The van der Waals surface area contributed by atoms with Crippen LogP contribution in [0.3, 0.4) is 0 Å². The van der Waals surface area contributed by atoms with Crippen LogP contribution in [0.4, 0.5) is 4.39 Å². The average Bonchev–Trinajstić information content (AvgIpc) is 3.21. The van der Waals surface area contributed by atoms with E-state index in [1.54, 1.807) is 13.0 Å². The first-order valence-electron chi connectivity index (χ1n) is 9.83. The fourth-order valence-corrected chi connectivity index (χ4v) is 4.73. The van der Waals surface area contributed by atoms with Crippen molar-refractivity contribution in [1.82, 2.24) is 14.9 Å². The fraction of sp³-hybridized carbons (Fsp3) is 0.286. The molecule has 1 aromatic heterocycles. The van der Waals surface area contributed by atoms with Gasteiger partial charge in [0, 0.05) is 5.56 Å². The van der Waals surface area contributed by atoms with Crippen LogP contribution in [0.1, 0.15) is 45.4 Å². The molecule has 0 saturated heterocycles. The van der Waals surface area contributed by atoms with Crippen LogP contribution in [0.5, 0.6) is 5.75 Å². The Morgan fingerprint density at radius 3 is 2.64 bits per heavy atom. The Morgan fingerprint density at radius 2 is 2.03 bits per heavy atom. The zero-order valence-electron chi connectivity index (χ0n) is 18.1. The number of benzene rings is 2. The van der Waals surface area contributed by atoms with Crippen molar-refractivity contribution in [3.63, 3.8) is 0 Å². The third-order valence-electron chi connectivity index (χ3n) is 5.28. The van der Waals surface area contributed by atoms with E-state index in [4.69, 9.17) is 14.9 Å². The van der Waals surface area contributed by atoms with E-state index in [2.05, 4.69) is 14.9 Å². The molecule has 176 valence electrons. The van der Waals surface area contributed by atoms with Gasteiger partial charge in [-0.15, -0.1) is 5.10 Å². The number of aromatic nitrogens is 2. The Kier molecular flexibility index (Phi) is 6.98. The summed E-state index contributed by atoms with van der Waals surface area (Å²) in [6.07, 6.45) is 0.177. The van der Waals surface area contributed by atoms with Crippen LogP contribution >= 0.6 is 0 Å². The number of primary amides is 1. The minimum Gasteiger partial charge on any atom is -0.495 e. The Hall–Kier alpha value is -3.51. The summed E-state index contributed by atoms with van der Waals surface area (Å²) in [6, 6.07) is 5.51. The number of nitrogens with one attached hydrogen (secondary N) is 2. The van der Waals surface area contributed by atoms with Crippen molar-refractivity contribution < 1.29 is 26.8 Å². The van der Waals surface area contributed by atoms with Gasteiger partial charge in [-0.25, -0.2) is 22.7 Å². The molecule has 0 unspecified atom stereocenters. The molecule has 0 spiro atoms. The summed E-state index contributed by atoms with van der Waals surface area (Å²) in [5.74, 6) is -2.36. The average molecular weight is 479 g/mol. The molecule has 0 bridgehead atoms. The van der Waals surface area contributed by atoms with Crippen molar-refractivity contribution >= 4 is 15.9 Å². The number of hydrogen-bond donors (Lipinski definition) is 3. The first-order valence-corrected chi connectivity index (χ1v) is 11.3. The number of nitrogens with zero attached hydrogens (tertiary/aromatic N) is 1. The number of rotatable bonds is 9. The second-order valence-electron chi connectivity index (χ2n) is 7.36. The molecule has 0 aliphatic carbocycles. The van der Waals surface area contributed by atoms with Crippen LogP contribution in [0.2, 0.25) is 0 Å². The van der Waals surface area contributed by atoms with E-state index in [0.29, 0.717) is 5.56 Å². The van der Waals surface area contributed by atoms with Gasteiger partial charge in [0.1, 0.15) is 22.5 Å². The van der Waals surface area contributed by atoms with Crippen molar-refractivity contribution in [2.45, 2.75) is 37.6 Å². The van der Waals surface area contributed by atoms with Crippen molar-refractivity contribution in [2.24, 2.45) is 5.73 Å². The van der Waals surface area contributed by atoms with Crippen molar-refractivity contribution in [2.75, 3.05) is 7.11 Å². The summed E-state index contributed by atoms with van der Waals surface area (Å²) >= 11 is 0.